The van der Waals surface area contributed by atoms with Gasteiger partial charge in [0.15, 0.2) is 6.10 Å². The van der Waals surface area contributed by atoms with E-state index in [0.29, 0.717) is 19.3 Å². The summed E-state index contributed by atoms with van der Waals surface area (Å²) in [4.78, 5) is 38.2. The van der Waals surface area contributed by atoms with Gasteiger partial charge in [-0.15, -0.1) is 0 Å². The zero-order chi connectivity index (χ0) is 47.4. The second-order valence-corrected chi connectivity index (χ2v) is 20.8. The minimum Gasteiger partial charge on any atom is -0.462 e. The molecule has 1 atom stereocenters. The van der Waals surface area contributed by atoms with Crippen molar-refractivity contribution in [1.29, 1.82) is 0 Å². The summed E-state index contributed by atoms with van der Waals surface area (Å²) >= 11 is 0. The Labute approximate surface area is 406 Å². The molecule has 0 heterocycles. The lowest BCUT2D eigenvalue weighted by Gasteiger charge is -2.18. The zero-order valence-corrected chi connectivity index (χ0v) is 44.5. The molecule has 0 fully saturated rings. The Morgan fingerprint density at radius 1 is 0.292 bits per heavy atom. The fraction of sp³-hybridized carbons (Fsp3) is 0.949. The van der Waals surface area contributed by atoms with Gasteiger partial charge in [-0.2, -0.15) is 0 Å². The van der Waals surface area contributed by atoms with Crippen LogP contribution in [0, 0.1) is 5.92 Å². The first-order chi connectivity index (χ1) is 31.9. The molecule has 0 bridgehead atoms. The molecule has 0 unspecified atom stereocenters. The van der Waals surface area contributed by atoms with E-state index in [-0.39, 0.29) is 31.1 Å². The van der Waals surface area contributed by atoms with E-state index in [1.807, 2.05) is 0 Å². The summed E-state index contributed by atoms with van der Waals surface area (Å²) in [5, 5.41) is 0. The maximum atomic E-state index is 12.9. The summed E-state index contributed by atoms with van der Waals surface area (Å²) in [5.41, 5.74) is 0. The second kappa shape index (κ2) is 53.4. The van der Waals surface area contributed by atoms with Gasteiger partial charge in [0.2, 0.25) is 0 Å². The maximum absolute atomic E-state index is 12.9. The molecule has 65 heavy (non-hydrogen) atoms. The third-order valence-electron chi connectivity index (χ3n) is 13.5. The van der Waals surface area contributed by atoms with E-state index in [0.717, 1.165) is 63.7 Å². The van der Waals surface area contributed by atoms with E-state index in [9.17, 15) is 14.4 Å². The van der Waals surface area contributed by atoms with Crippen LogP contribution in [0.3, 0.4) is 0 Å². The van der Waals surface area contributed by atoms with Crippen molar-refractivity contribution in [2.24, 2.45) is 5.92 Å². The van der Waals surface area contributed by atoms with Gasteiger partial charge in [-0.1, -0.05) is 297 Å². The molecule has 0 radical (unpaired) electrons. The Bertz CT molecular complexity index is 980. The van der Waals surface area contributed by atoms with Crippen molar-refractivity contribution in [1.82, 2.24) is 0 Å². The van der Waals surface area contributed by atoms with Crippen LogP contribution in [0.1, 0.15) is 336 Å². The summed E-state index contributed by atoms with van der Waals surface area (Å²) < 4.78 is 16.9. The lowest BCUT2D eigenvalue weighted by molar-refractivity contribution is -0.167. The van der Waals surface area contributed by atoms with E-state index in [1.165, 1.54) is 231 Å². The van der Waals surface area contributed by atoms with Crippen molar-refractivity contribution < 1.29 is 28.6 Å². The molecule has 0 aliphatic rings. The van der Waals surface area contributed by atoms with Crippen LogP contribution >= 0.6 is 0 Å². The number of hydrogen-bond acceptors (Lipinski definition) is 6. The van der Waals surface area contributed by atoms with Crippen LogP contribution in [0.5, 0.6) is 0 Å². The number of ether oxygens (including phenoxy) is 3. The third kappa shape index (κ3) is 53.2. The van der Waals surface area contributed by atoms with Gasteiger partial charge in [0, 0.05) is 19.3 Å². The van der Waals surface area contributed by atoms with Gasteiger partial charge >= 0.3 is 17.9 Å². The highest BCUT2D eigenvalue weighted by Crippen LogP contribution is 2.18. The SMILES string of the molecule is CCCCCCCCCCCCCCCCCCC(=O)OC[C@H](COC(=O)CCCCCCCCCCCCCCCC)OC(=O)CCCCCCCCCCCCCCCCC(C)C. The number of carbonyl (C=O) groups excluding carboxylic acids is 3. The molecule has 0 saturated heterocycles. The van der Waals surface area contributed by atoms with Crippen LogP contribution in [0.25, 0.3) is 0 Å². The molecular weight excluding hydrogens is 805 g/mol. The van der Waals surface area contributed by atoms with Crippen molar-refractivity contribution in [3.63, 3.8) is 0 Å². The quantitative estimate of drug-likeness (QED) is 0.0344. The van der Waals surface area contributed by atoms with Crippen LogP contribution in [0.15, 0.2) is 0 Å². The summed E-state index contributed by atoms with van der Waals surface area (Å²) in [6, 6.07) is 0. The van der Waals surface area contributed by atoms with Gasteiger partial charge in [-0.25, -0.2) is 0 Å². The van der Waals surface area contributed by atoms with E-state index in [4.69, 9.17) is 14.2 Å². The molecule has 0 aromatic rings. The first-order valence-corrected chi connectivity index (χ1v) is 29.4. The van der Waals surface area contributed by atoms with E-state index in [1.54, 1.807) is 0 Å². The van der Waals surface area contributed by atoms with Crippen molar-refractivity contribution >= 4 is 17.9 Å². The standard InChI is InChI=1S/C59H114O6/c1-5-7-9-11-13-15-17-19-21-22-27-31-35-39-43-47-51-58(61)64-54-56(53-63-57(60)50-46-42-38-34-30-26-20-18-16-14-12-10-8-6-2)65-59(62)52-48-44-40-36-32-28-24-23-25-29-33-37-41-45-49-55(3)4/h55-56H,5-54H2,1-4H3/t56-/m0/s1. The van der Waals surface area contributed by atoms with Crippen LogP contribution in [-0.4, -0.2) is 37.2 Å². The van der Waals surface area contributed by atoms with Crippen LogP contribution in [0.2, 0.25) is 0 Å². The van der Waals surface area contributed by atoms with Crippen molar-refractivity contribution in [3.8, 4) is 0 Å². The highest BCUT2D eigenvalue weighted by atomic mass is 16.6. The fourth-order valence-electron chi connectivity index (χ4n) is 9.10. The Kier molecular flexibility index (Phi) is 52.1. The zero-order valence-electron chi connectivity index (χ0n) is 44.5. The van der Waals surface area contributed by atoms with E-state index >= 15 is 0 Å². The van der Waals surface area contributed by atoms with Crippen molar-refractivity contribution in [2.45, 2.75) is 342 Å². The summed E-state index contributed by atoms with van der Waals surface area (Å²) in [7, 11) is 0. The minimum absolute atomic E-state index is 0.0616. The molecule has 0 saturated carbocycles. The van der Waals surface area contributed by atoms with Crippen molar-refractivity contribution in [2.75, 3.05) is 13.2 Å². The van der Waals surface area contributed by atoms with E-state index in [2.05, 4.69) is 27.7 Å². The molecule has 0 aliphatic carbocycles. The third-order valence-corrected chi connectivity index (χ3v) is 13.5. The Balaban J connectivity index is 4.29. The lowest BCUT2D eigenvalue weighted by Crippen LogP contribution is -2.30. The number of carbonyl (C=O) groups is 3. The molecule has 0 aliphatic heterocycles. The second-order valence-electron chi connectivity index (χ2n) is 20.8. The number of unbranched alkanes of at least 4 members (excludes halogenated alkanes) is 41. The highest BCUT2D eigenvalue weighted by Gasteiger charge is 2.19. The average Bonchev–Trinajstić information content (AvgIpc) is 3.29. The van der Waals surface area contributed by atoms with E-state index < -0.39 is 6.10 Å². The van der Waals surface area contributed by atoms with Gasteiger partial charge in [0.05, 0.1) is 0 Å². The largest absolute Gasteiger partial charge is 0.462 e. The molecule has 0 N–H and O–H groups in total. The first kappa shape index (κ1) is 63.4. The molecule has 6 heteroatoms. The molecular formula is C59H114O6. The van der Waals surface area contributed by atoms with Gasteiger partial charge in [0.25, 0.3) is 0 Å². The molecule has 0 amide bonds. The van der Waals surface area contributed by atoms with Crippen LogP contribution < -0.4 is 0 Å². The van der Waals surface area contributed by atoms with Crippen LogP contribution in [-0.2, 0) is 28.6 Å². The number of hydrogen-bond donors (Lipinski definition) is 0. The number of esters is 3. The fourth-order valence-corrected chi connectivity index (χ4v) is 9.10. The molecule has 0 aromatic heterocycles. The molecule has 0 spiro atoms. The summed E-state index contributed by atoms with van der Waals surface area (Å²) in [6.07, 6.45) is 58.0. The van der Waals surface area contributed by atoms with Gasteiger partial charge in [-0.3, -0.25) is 14.4 Å². The lowest BCUT2D eigenvalue weighted by atomic mass is 10.0. The monoisotopic (exact) mass is 919 g/mol. The van der Waals surface area contributed by atoms with Crippen molar-refractivity contribution in [3.05, 3.63) is 0 Å². The Morgan fingerprint density at radius 2 is 0.508 bits per heavy atom. The predicted molar refractivity (Wildman–Crippen MR) is 280 cm³/mol. The summed E-state index contributed by atoms with van der Waals surface area (Å²) in [5.74, 6) is 0.0101. The molecule has 386 valence electrons. The molecule has 0 rings (SSSR count). The normalized spacial score (nSPS) is 12.0. The van der Waals surface area contributed by atoms with Gasteiger partial charge in [-0.05, 0) is 25.2 Å². The minimum atomic E-state index is -0.762. The van der Waals surface area contributed by atoms with Gasteiger partial charge in [0.1, 0.15) is 13.2 Å². The topological polar surface area (TPSA) is 78.9 Å². The first-order valence-electron chi connectivity index (χ1n) is 29.4. The average molecular weight is 920 g/mol. The van der Waals surface area contributed by atoms with Gasteiger partial charge < -0.3 is 14.2 Å². The molecule has 6 nitrogen and oxygen atoms in total. The summed E-state index contributed by atoms with van der Waals surface area (Å²) in [6.45, 7) is 9.07. The maximum Gasteiger partial charge on any atom is 0.306 e. The molecule has 0 aromatic carbocycles. The number of rotatable bonds is 54. The highest BCUT2D eigenvalue weighted by molar-refractivity contribution is 5.71. The van der Waals surface area contributed by atoms with Crippen LogP contribution in [0.4, 0.5) is 0 Å². The Hall–Kier alpha value is -1.59. The Morgan fingerprint density at radius 3 is 0.754 bits per heavy atom. The predicted octanol–water partition coefficient (Wildman–Crippen LogP) is 19.4. The smallest absolute Gasteiger partial charge is 0.306 e.